The lowest BCUT2D eigenvalue weighted by molar-refractivity contribution is -0.279. The van der Waals surface area contributed by atoms with E-state index < -0.39 is 63.1 Å². The Kier molecular flexibility index (Phi) is 5.23. The van der Waals surface area contributed by atoms with Gasteiger partial charge in [-0.25, -0.2) is 0 Å². The Bertz CT molecular complexity index is 1190. The summed E-state index contributed by atoms with van der Waals surface area (Å²) < 4.78 is 11.3. The maximum absolute atomic E-state index is 13.4. The standard InChI is InChI=1S/C30H40O8/c1-16(31)37-21-8-9-23(32)28(5)17-10-11-26(3)29(35,18(17)6-7-19(21)28)12-13-30(26,36)20-14-25(2)24(33)38-22(20)15-27(25,4)34/h7-9,17-18,20-22,34-36H,6,10-15H2,1-5H3/t17-,18+,20+,21-,22+,25-,26-,27+,28+,29+,30-/m0/s1. The van der Waals surface area contributed by atoms with Crippen molar-refractivity contribution in [1.29, 1.82) is 0 Å². The molecule has 7 rings (SSSR count). The second kappa shape index (κ2) is 7.58. The van der Waals surface area contributed by atoms with E-state index in [1.54, 1.807) is 19.9 Å². The van der Waals surface area contributed by atoms with E-state index >= 15 is 0 Å². The van der Waals surface area contributed by atoms with Gasteiger partial charge in [-0.3, -0.25) is 14.4 Å². The van der Waals surface area contributed by atoms with E-state index in [-0.39, 0.29) is 24.0 Å². The van der Waals surface area contributed by atoms with E-state index in [9.17, 15) is 29.7 Å². The van der Waals surface area contributed by atoms with Gasteiger partial charge < -0.3 is 24.8 Å². The summed E-state index contributed by atoms with van der Waals surface area (Å²) >= 11 is 0. The third kappa shape index (κ3) is 2.84. The van der Waals surface area contributed by atoms with Crippen molar-refractivity contribution in [3.63, 3.8) is 0 Å². The maximum Gasteiger partial charge on any atom is 0.315 e. The molecule has 0 aromatic heterocycles. The second-order valence-electron chi connectivity index (χ2n) is 13.8. The molecular weight excluding hydrogens is 488 g/mol. The third-order valence-corrected chi connectivity index (χ3v) is 12.5. The van der Waals surface area contributed by atoms with Crippen LogP contribution in [0.4, 0.5) is 0 Å². The SMILES string of the molecule is CC(=O)O[C@H]1C=CC(=O)[C@@]2(C)C1=CC[C@@H]1[C@@H]2CC[C@@]2(C)[C@@]1(O)CC[C@]2(O)[C@@H]1C[C@@]2(C)C(=O)O[C@@H]1C[C@@]2(C)O. The van der Waals surface area contributed by atoms with Crippen molar-refractivity contribution in [2.24, 2.45) is 34.0 Å². The van der Waals surface area contributed by atoms with Gasteiger partial charge in [-0.2, -0.15) is 0 Å². The molecule has 0 spiro atoms. The minimum absolute atomic E-state index is 0.0472. The third-order valence-electron chi connectivity index (χ3n) is 12.5. The van der Waals surface area contributed by atoms with Crippen LogP contribution < -0.4 is 0 Å². The van der Waals surface area contributed by atoms with Gasteiger partial charge >= 0.3 is 11.9 Å². The summed E-state index contributed by atoms with van der Waals surface area (Å²) in [6.07, 6.45) is 6.85. The van der Waals surface area contributed by atoms with Crippen LogP contribution in [0, 0.1) is 34.0 Å². The van der Waals surface area contributed by atoms with Crippen LogP contribution >= 0.6 is 0 Å². The molecule has 2 heterocycles. The smallest absolute Gasteiger partial charge is 0.315 e. The first-order valence-electron chi connectivity index (χ1n) is 14.0. The Morgan fingerprint density at radius 1 is 0.974 bits per heavy atom. The molecule has 2 aliphatic heterocycles. The number of carbonyl (C=O) groups is 3. The van der Waals surface area contributed by atoms with E-state index in [1.165, 1.54) is 13.0 Å². The van der Waals surface area contributed by atoms with Crippen molar-refractivity contribution in [2.45, 2.75) is 109 Å². The van der Waals surface area contributed by atoms with Gasteiger partial charge in [0.05, 0.1) is 27.6 Å². The highest BCUT2D eigenvalue weighted by Gasteiger charge is 2.76. The molecule has 0 amide bonds. The van der Waals surface area contributed by atoms with Gasteiger partial charge in [-0.05, 0) is 88.9 Å². The molecule has 0 unspecified atom stereocenters. The highest BCUT2D eigenvalue weighted by atomic mass is 16.6. The molecule has 0 aromatic carbocycles. The van der Waals surface area contributed by atoms with E-state index in [4.69, 9.17) is 9.47 Å². The molecule has 208 valence electrons. The Morgan fingerprint density at radius 3 is 2.26 bits per heavy atom. The summed E-state index contributed by atoms with van der Waals surface area (Å²) in [6, 6.07) is 0. The van der Waals surface area contributed by atoms with E-state index in [2.05, 4.69) is 0 Å². The minimum atomic E-state index is -1.29. The van der Waals surface area contributed by atoms with E-state index in [0.29, 0.717) is 38.5 Å². The first kappa shape index (κ1) is 26.2. The van der Waals surface area contributed by atoms with Crippen LogP contribution in [0.5, 0.6) is 0 Å². The fraction of sp³-hybridized carbons (Fsp3) is 0.767. The van der Waals surface area contributed by atoms with Gasteiger partial charge in [-0.1, -0.05) is 13.0 Å². The molecule has 38 heavy (non-hydrogen) atoms. The first-order chi connectivity index (χ1) is 17.5. The normalized spacial score (nSPS) is 54.9. The molecule has 5 aliphatic carbocycles. The molecule has 0 radical (unpaired) electrons. The lowest BCUT2D eigenvalue weighted by atomic mass is 9.43. The number of ether oxygens (including phenoxy) is 2. The van der Waals surface area contributed by atoms with Crippen molar-refractivity contribution in [3.8, 4) is 0 Å². The predicted octanol–water partition coefficient (Wildman–Crippen LogP) is 2.77. The molecule has 2 saturated heterocycles. The Labute approximate surface area is 223 Å². The predicted molar refractivity (Wildman–Crippen MR) is 135 cm³/mol. The lowest BCUT2D eigenvalue weighted by Gasteiger charge is -2.64. The number of carbonyl (C=O) groups excluding carboxylic acids is 3. The number of fused-ring (bicyclic) bond motifs is 8. The van der Waals surface area contributed by atoms with Gasteiger partial charge in [0.15, 0.2) is 5.78 Å². The van der Waals surface area contributed by atoms with Crippen molar-refractivity contribution in [1.82, 2.24) is 0 Å². The topological polar surface area (TPSA) is 130 Å². The zero-order valence-electron chi connectivity index (χ0n) is 23.0. The van der Waals surface area contributed by atoms with Gasteiger partial charge in [0.1, 0.15) is 12.2 Å². The number of rotatable bonds is 2. The van der Waals surface area contributed by atoms with Crippen molar-refractivity contribution < 1.29 is 39.2 Å². The zero-order valence-corrected chi connectivity index (χ0v) is 23.0. The summed E-state index contributed by atoms with van der Waals surface area (Å²) in [5.41, 5.74) is -5.88. The summed E-state index contributed by atoms with van der Waals surface area (Å²) in [7, 11) is 0. The number of ketones is 1. The largest absolute Gasteiger partial charge is 0.461 e. The van der Waals surface area contributed by atoms with Crippen LogP contribution in [0.2, 0.25) is 0 Å². The molecule has 8 heteroatoms. The first-order valence-corrected chi connectivity index (χ1v) is 14.0. The van der Waals surface area contributed by atoms with E-state index in [0.717, 1.165) is 5.57 Å². The highest BCUT2D eigenvalue weighted by molar-refractivity contribution is 5.99. The van der Waals surface area contributed by atoms with Crippen molar-refractivity contribution in [3.05, 3.63) is 23.8 Å². The molecule has 3 saturated carbocycles. The summed E-state index contributed by atoms with van der Waals surface area (Å²) in [5.74, 6) is -1.72. The minimum Gasteiger partial charge on any atom is -0.461 e. The average Bonchev–Trinajstić information content (AvgIpc) is 3.04. The van der Waals surface area contributed by atoms with Gasteiger partial charge in [0, 0.05) is 24.7 Å². The number of hydrogen-bond acceptors (Lipinski definition) is 8. The summed E-state index contributed by atoms with van der Waals surface area (Å²) in [5, 5.41) is 36.2. The molecule has 7 aliphatic rings. The molecule has 8 nitrogen and oxygen atoms in total. The monoisotopic (exact) mass is 528 g/mol. The van der Waals surface area contributed by atoms with Crippen molar-refractivity contribution in [2.75, 3.05) is 0 Å². The zero-order chi connectivity index (χ0) is 27.7. The molecule has 2 bridgehead atoms. The summed E-state index contributed by atoms with van der Waals surface area (Å²) in [6.45, 7) is 8.62. The molecule has 3 N–H and O–H groups in total. The number of esters is 2. The van der Waals surface area contributed by atoms with Gasteiger partial charge in [0.2, 0.25) is 0 Å². The lowest BCUT2D eigenvalue weighted by Crippen LogP contribution is -2.72. The average molecular weight is 529 g/mol. The maximum atomic E-state index is 13.4. The van der Waals surface area contributed by atoms with Crippen LogP contribution in [0.15, 0.2) is 23.8 Å². The summed E-state index contributed by atoms with van der Waals surface area (Å²) in [4.78, 5) is 38.0. The Morgan fingerprint density at radius 2 is 1.63 bits per heavy atom. The van der Waals surface area contributed by atoms with Crippen molar-refractivity contribution >= 4 is 17.7 Å². The number of aliphatic hydroxyl groups is 3. The number of hydrogen-bond donors (Lipinski definition) is 3. The molecular formula is C30H40O8. The van der Waals surface area contributed by atoms with Gasteiger partial charge in [0.25, 0.3) is 0 Å². The Hall–Kier alpha value is -2.03. The fourth-order valence-corrected chi connectivity index (χ4v) is 9.83. The second-order valence-corrected chi connectivity index (χ2v) is 13.8. The number of allylic oxidation sites excluding steroid dienone is 2. The van der Waals surface area contributed by atoms with E-state index in [1.807, 2.05) is 19.9 Å². The van der Waals surface area contributed by atoms with Crippen LogP contribution in [0.1, 0.15) is 79.6 Å². The van der Waals surface area contributed by atoms with Crippen LogP contribution in [0.25, 0.3) is 0 Å². The van der Waals surface area contributed by atoms with Crippen LogP contribution in [-0.2, 0) is 23.9 Å². The van der Waals surface area contributed by atoms with Crippen LogP contribution in [0.3, 0.4) is 0 Å². The molecule has 0 aromatic rings. The quantitative estimate of drug-likeness (QED) is 0.369. The van der Waals surface area contributed by atoms with Gasteiger partial charge in [-0.15, -0.1) is 0 Å². The van der Waals surface area contributed by atoms with Crippen LogP contribution in [-0.4, -0.2) is 62.1 Å². The molecule has 5 fully saturated rings. The fourth-order valence-electron chi connectivity index (χ4n) is 9.83. The highest BCUT2D eigenvalue weighted by Crippen LogP contribution is 2.71. The Balaban J connectivity index is 1.37. The molecule has 11 atom stereocenters.